The van der Waals surface area contributed by atoms with Crippen molar-refractivity contribution in [3.05, 3.63) is 95.1 Å². The number of hydrogen-bond acceptors (Lipinski definition) is 5. The minimum Gasteiger partial charge on any atom is -0.493 e. The van der Waals surface area contributed by atoms with Gasteiger partial charge >= 0.3 is 0 Å². The van der Waals surface area contributed by atoms with Crippen molar-refractivity contribution in [3.63, 3.8) is 0 Å². The number of benzene rings is 3. The molecule has 0 atom stereocenters. The fourth-order valence-corrected chi connectivity index (χ4v) is 5.02. The first-order chi connectivity index (χ1) is 17.4. The van der Waals surface area contributed by atoms with Crippen molar-refractivity contribution in [2.24, 2.45) is 5.92 Å². The Morgan fingerprint density at radius 1 is 0.889 bits per heavy atom. The van der Waals surface area contributed by atoms with E-state index in [4.69, 9.17) is 9.47 Å². The van der Waals surface area contributed by atoms with Gasteiger partial charge in [0, 0.05) is 6.54 Å². The number of methoxy groups -OCH3 is 1. The molecule has 0 aromatic heterocycles. The van der Waals surface area contributed by atoms with Gasteiger partial charge in [0.2, 0.25) is 0 Å². The molecule has 1 saturated heterocycles. The number of ether oxygens (including phenoxy) is 2. The van der Waals surface area contributed by atoms with Crippen molar-refractivity contribution in [2.45, 2.75) is 31.5 Å². The van der Waals surface area contributed by atoms with Gasteiger partial charge in [0.15, 0.2) is 11.5 Å². The lowest BCUT2D eigenvalue weighted by Gasteiger charge is -2.42. The largest absolute Gasteiger partial charge is 0.493 e. The van der Waals surface area contributed by atoms with Crippen LogP contribution in [0.5, 0.6) is 11.5 Å². The number of piperidine rings is 1. The van der Waals surface area contributed by atoms with Crippen LogP contribution in [-0.2, 0) is 12.2 Å². The van der Waals surface area contributed by atoms with E-state index in [-0.39, 0.29) is 24.2 Å². The molecule has 1 heterocycles. The molecule has 4 rings (SSSR count). The van der Waals surface area contributed by atoms with Crippen LogP contribution < -0.4 is 9.47 Å². The monoisotopic (exact) mass is 497 g/mol. The molecular weight excluding hydrogens is 464 g/mol. The van der Waals surface area contributed by atoms with Crippen LogP contribution in [0, 0.1) is 17.6 Å². The van der Waals surface area contributed by atoms with E-state index in [0.29, 0.717) is 29.2 Å². The van der Waals surface area contributed by atoms with Crippen LogP contribution in [0.15, 0.2) is 66.7 Å². The second-order valence-electron chi connectivity index (χ2n) is 9.24. The zero-order valence-corrected chi connectivity index (χ0v) is 20.5. The number of hydrogen-bond donors (Lipinski definition) is 2. The van der Waals surface area contributed by atoms with Crippen LogP contribution in [0.25, 0.3) is 0 Å². The lowest BCUT2D eigenvalue weighted by Crippen LogP contribution is -2.44. The average molecular weight is 498 g/mol. The molecule has 192 valence electrons. The summed E-state index contributed by atoms with van der Waals surface area (Å²) in [6.45, 7) is 2.96. The molecule has 1 aliphatic rings. The molecule has 7 heteroatoms. The van der Waals surface area contributed by atoms with Crippen molar-refractivity contribution >= 4 is 0 Å². The van der Waals surface area contributed by atoms with E-state index >= 15 is 0 Å². The summed E-state index contributed by atoms with van der Waals surface area (Å²) in [4.78, 5) is 2.35. The van der Waals surface area contributed by atoms with E-state index < -0.39 is 5.60 Å². The molecule has 1 fully saturated rings. The molecule has 0 bridgehead atoms. The van der Waals surface area contributed by atoms with Crippen molar-refractivity contribution in [1.29, 1.82) is 0 Å². The third kappa shape index (κ3) is 5.86. The quantitative estimate of drug-likeness (QED) is 0.391. The molecule has 0 saturated carbocycles. The van der Waals surface area contributed by atoms with Crippen molar-refractivity contribution in [3.8, 4) is 11.5 Å². The Balaban J connectivity index is 1.35. The Kier molecular flexibility index (Phi) is 8.56. The topological polar surface area (TPSA) is 62.2 Å². The van der Waals surface area contributed by atoms with E-state index in [2.05, 4.69) is 4.90 Å². The summed E-state index contributed by atoms with van der Waals surface area (Å²) in [5.41, 5.74) is 0.670. The third-order valence-corrected chi connectivity index (χ3v) is 7.03. The Hall–Kier alpha value is -3.00. The van der Waals surface area contributed by atoms with Crippen LogP contribution in [0.2, 0.25) is 0 Å². The second-order valence-corrected chi connectivity index (χ2v) is 9.24. The van der Waals surface area contributed by atoms with Gasteiger partial charge in [0.25, 0.3) is 0 Å². The maximum absolute atomic E-state index is 13.6. The maximum Gasteiger partial charge on any atom is 0.161 e. The molecule has 36 heavy (non-hydrogen) atoms. The Bertz CT molecular complexity index is 1070. The van der Waals surface area contributed by atoms with Gasteiger partial charge in [0.1, 0.15) is 17.2 Å². The molecule has 0 spiro atoms. The van der Waals surface area contributed by atoms with Crippen LogP contribution in [0.3, 0.4) is 0 Å². The molecule has 2 N–H and O–H groups in total. The van der Waals surface area contributed by atoms with Gasteiger partial charge in [-0.15, -0.1) is 0 Å². The van der Waals surface area contributed by atoms with Gasteiger partial charge in [-0.2, -0.15) is 0 Å². The van der Waals surface area contributed by atoms with Crippen molar-refractivity contribution in [1.82, 2.24) is 4.90 Å². The highest BCUT2D eigenvalue weighted by molar-refractivity contribution is 5.42. The summed E-state index contributed by atoms with van der Waals surface area (Å²) in [7, 11) is 1.58. The number of rotatable bonds is 10. The van der Waals surface area contributed by atoms with Gasteiger partial charge in [-0.25, -0.2) is 8.78 Å². The maximum atomic E-state index is 13.6. The number of halogens is 2. The van der Waals surface area contributed by atoms with Gasteiger partial charge in [-0.1, -0.05) is 30.3 Å². The molecule has 0 unspecified atom stereocenters. The Morgan fingerprint density at radius 2 is 1.47 bits per heavy atom. The highest BCUT2D eigenvalue weighted by Gasteiger charge is 2.41. The zero-order chi connectivity index (χ0) is 25.5. The fraction of sp³-hybridized carbons (Fsp3) is 0.379. The summed E-state index contributed by atoms with van der Waals surface area (Å²) in [5, 5.41) is 21.2. The normalized spacial score (nSPS) is 15.1. The van der Waals surface area contributed by atoms with E-state index in [0.717, 1.165) is 44.5 Å². The predicted molar refractivity (Wildman–Crippen MR) is 134 cm³/mol. The summed E-state index contributed by atoms with van der Waals surface area (Å²) in [5.74, 6) is 0.439. The highest BCUT2D eigenvalue weighted by atomic mass is 19.1. The third-order valence-electron chi connectivity index (χ3n) is 7.03. The Labute approximate surface area is 210 Å². The minimum absolute atomic E-state index is 0.0515. The van der Waals surface area contributed by atoms with Crippen molar-refractivity contribution in [2.75, 3.05) is 33.4 Å². The molecule has 0 radical (unpaired) electrons. The van der Waals surface area contributed by atoms with Crippen LogP contribution in [0.4, 0.5) is 8.78 Å². The standard InChI is InChI=1S/C29H33F2NO4/c1-35-28-19-21(20-33)3-12-27(28)36-18-2-15-32-16-13-24(14-17-32)29(34,22-4-8-25(30)9-5-22)23-6-10-26(31)11-7-23/h3-12,19,24,33-34H,2,13-18,20H2,1H3. The van der Waals surface area contributed by atoms with E-state index in [1.807, 2.05) is 12.1 Å². The minimum atomic E-state index is -1.33. The predicted octanol–water partition coefficient (Wildman–Crippen LogP) is 4.88. The first kappa shape index (κ1) is 26.1. The average Bonchev–Trinajstić information content (AvgIpc) is 2.91. The first-order valence-electron chi connectivity index (χ1n) is 12.3. The summed E-state index contributed by atoms with van der Waals surface area (Å²) in [6, 6.07) is 17.3. The number of aliphatic hydroxyl groups is 2. The number of likely N-dealkylation sites (tertiary alicyclic amines) is 1. The van der Waals surface area contributed by atoms with Crippen LogP contribution in [-0.4, -0.2) is 48.5 Å². The molecule has 5 nitrogen and oxygen atoms in total. The Morgan fingerprint density at radius 3 is 2.00 bits per heavy atom. The van der Waals surface area contributed by atoms with Crippen molar-refractivity contribution < 1.29 is 28.5 Å². The summed E-state index contributed by atoms with van der Waals surface area (Å²) < 4.78 is 38.4. The molecule has 0 amide bonds. The SMILES string of the molecule is COc1cc(CO)ccc1OCCCN1CCC(C(O)(c2ccc(F)cc2)c2ccc(F)cc2)CC1. The van der Waals surface area contributed by atoms with E-state index in [1.54, 1.807) is 37.4 Å². The molecule has 3 aromatic carbocycles. The zero-order valence-electron chi connectivity index (χ0n) is 20.5. The summed E-state index contributed by atoms with van der Waals surface area (Å²) in [6.07, 6.45) is 2.33. The smallest absolute Gasteiger partial charge is 0.161 e. The van der Waals surface area contributed by atoms with Gasteiger partial charge in [0.05, 0.1) is 20.3 Å². The molecule has 1 aliphatic heterocycles. The lowest BCUT2D eigenvalue weighted by atomic mass is 9.72. The fourth-order valence-electron chi connectivity index (χ4n) is 5.02. The number of aliphatic hydroxyl groups excluding tert-OH is 1. The first-order valence-corrected chi connectivity index (χ1v) is 12.3. The van der Waals surface area contributed by atoms with Gasteiger partial charge < -0.3 is 24.6 Å². The molecule has 0 aliphatic carbocycles. The molecular formula is C29H33F2NO4. The molecule has 3 aromatic rings. The second kappa shape index (κ2) is 11.8. The summed E-state index contributed by atoms with van der Waals surface area (Å²) >= 11 is 0. The van der Waals surface area contributed by atoms with E-state index in [9.17, 15) is 19.0 Å². The van der Waals surface area contributed by atoms with Gasteiger partial charge in [-0.3, -0.25) is 0 Å². The van der Waals surface area contributed by atoms with Crippen LogP contribution in [0.1, 0.15) is 36.0 Å². The van der Waals surface area contributed by atoms with Crippen LogP contribution >= 0.6 is 0 Å². The highest BCUT2D eigenvalue weighted by Crippen LogP contribution is 2.42. The van der Waals surface area contributed by atoms with Gasteiger partial charge in [-0.05, 0) is 91.4 Å². The van der Waals surface area contributed by atoms with E-state index in [1.165, 1.54) is 24.3 Å². The lowest BCUT2D eigenvalue weighted by molar-refractivity contribution is -0.0147. The number of nitrogens with zero attached hydrogens (tertiary/aromatic N) is 1.